The lowest BCUT2D eigenvalue weighted by molar-refractivity contribution is 0.500. The van der Waals surface area contributed by atoms with Crippen molar-refractivity contribution in [2.45, 2.75) is 39.2 Å². The molecular weight excluding hydrogens is 202 g/mol. The van der Waals surface area contributed by atoms with Gasteiger partial charge < -0.3 is 5.32 Å². The minimum atomic E-state index is 0.529. The third-order valence-corrected chi connectivity index (χ3v) is 3.50. The van der Waals surface area contributed by atoms with E-state index in [4.69, 9.17) is 0 Å². The Hall–Kier alpha value is -0.600. The third-order valence-electron chi connectivity index (χ3n) is 2.62. The molecule has 0 amide bonds. The van der Waals surface area contributed by atoms with Crippen molar-refractivity contribution in [2.24, 2.45) is 0 Å². The predicted octanol–water partition coefficient (Wildman–Crippen LogP) is 4.06. The Kier molecular flexibility index (Phi) is 5.66. The highest BCUT2D eigenvalue weighted by Gasteiger charge is 2.12. The summed E-state index contributed by atoms with van der Waals surface area (Å²) in [6, 6.07) is 0.529. The van der Waals surface area contributed by atoms with Crippen LogP contribution in [0.4, 0.5) is 0 Å². The van der Waals surface area contributed by atoms with Crippen molar-refractivity contribution in [3.63, 3.8) is 0 Å². The summed E-state index contributed by atoms with van der Waals surface area (Å²) >= 11 is 1.80. The normalized spacial score (nSPS) is 12.7. The molecular formula is C13H21NS. The molecule has 0 aliphatic rings. The Morgan fingerprint density at radius 2 is 2.33 bits per heavy atom. The second-order valence-electron chi connectivity index (χ2n) is 3.84. The summed E-state index contributed by atoms with van der Waals surface area (Å²) < 4.78 is 0. The monoisotopic (exact) mass is 223 g/mol. The molecule has 0 aromatic carbocycles. The predicted molar refractivity (Wildman–Crippen MR) is 69.5 cm³/mol. The van der Waals surface area contributed by atoms with Crippen LogP contribution in [0.25, 0.3) is 0 Å². The van der Waals surface area contributed by atoms with Gasteiger partial charge in [0.25, 0.3) is 0 Å². The van der Waals surface area contributed by atoms with Crippen LogP contribution in [0.2, 0.25) is 0 Å². The second kappa shape index (κ2) is 6.81. The summed E-state index contributed by atoms with van der Waals surface area (Å²) in [5.41, 5.74) is 2.90. The van der Waals surface area contributed by atoms with Crippen molar-refractivity contribution in [3.05, 3.63) is 34.5 Å². The van der Waals surface area contributed by atoms with Gasteiger partial charge in [0.1, 0.15) is 0 Å². The van der Waals surface area contributed by atoms with E-state index >= 15 is 0 Å². The van der Waals surface area contributed by atoms with Crippen molar-refractivity contribution in [2.75, 3.05) is 6.54 Å². The number of hydrogen-bond acceptors (Lipinski definition) is 2. The molecule has 0 aliphatic carbocycles. The van der Waals surface area contributed by atoms with Crippen LogP contribution >= 0.6 is 11.3 Å². The van der Waals surface area contributed by atoms with Crippen LogP contribution < -0.4 is 5.32 Å². The quantitative estimate of drug-likeness (QED) is 0.543. The zero-order chi connectivity index (χ0) is 11.1. The lowest BCUT2D eigenvalue weighted by atomic mass is 10.0. The molecule has 1 atom stereocenters. The zero-order valence-electron chi connectivity index (χ0n) is 9.75. The molecule has 0 fully saturated rings. The van der Waals surface area contributed by atoms with E-state index in [-0.39, 0.29) is 0 Å². The molecule has 1 nitrogen and oxygen atoms in total. The first-order chi connectivity index (χ1) is 7.29. The summed E-state index contributed by atoms with van der Waals surface area (Å²) in [6.07, 6.45) is 5.54. The van der Waals surface area contributed by atoms with Crippen molar-refractivity contribution < 1.29 is 0 Å². The van der Waals surface area contributed by atoms with Gasteiger partial charge in [0.05, 0.1) is 0 Å². The molecule has 2 heteroatoms. The SMILES string of the molecule is C=CCCCC(NCC)c1cscc1C. The lowest BCUT2D eigenvalue weighted by Gasteiger charge is -2.17. The smallest absolute Gasteiger partial charge is 0.0331 e. The molecule has 1 aromatic heterocycles. The van der Waals surface area contributed by atoms with Crippen LogP contribution in [-0.2, 0) is 0 Å². The fraction of sp³-hybridized carbons (Fsp3) is 0.538. The van der Waals surface area contributed by atoms with Crippen LogP contribution in [0.3, 0.4) is 0 Å². The summed E-state index contributed by atoms with van der Waals surface area (Å²) in [5.74, 6) is 0. The van der Waals surface area contributed by atoms with Crippen LogP contribution in [0.5, 0.6) is 0 Å². The van der Waals surface area contributed by atoms with Crippen molar-refractivity contribution in [1.82, 2.24) is 5.32 Å². The highest BCUT2D eigenvalue weighted by atomic mass is 32.1. The number of allylic oxidation sites excluding steroid dienone is 1. The maximum absolute atomic E-state index is 3.77. The van der Waals surface area contributed by atoms with Gasteiger partial charge >= 0.3 is 0 Å². The van der Waals surface area contributed by atoms with Gasteiger partial charge in [0, 0.05) is 6.04 Å². The van der Waals surface area contributed by atoms with Gasteiger partial charge in [-0.05, 0) is 54.6 Å². The molecule has 0 saturated heterocycles. The standard InChI is InChI=1S/C13H21NS/c1-4-6-7-8-13(14-5-2)12-10-15-9-11(12)3/h4,9-10,13-14H,1,5-8H2,2-3H3. The van der Waals surface area contributed by atoms with Gasteiger partial charge in [-0.25, -0.2) is 0 Å². The Labute approximate surface area is 97.2 Å². The highest BCUT2D eigenvalue weighted by Crippen LogP contribution is 2.25. The molecule has 0 radical (unpaired) electrons. The third kappa shape index (κ3) is 3.80. The lowest BCUT2D eigenvalue weighted by Crippen LogP contribution is -2.20. The number of rotatable bonds is 7. The summed E-state index contributed by atoms with van der Waals surface area (Å²) in [4.78, 5) is 0. The van der Waals surface area contributed by atoms with E-state index in [9.17, 15) is 0 Å². The fourth-order valence-electron chi connectivity index (χ4n) is 1.81. The molecule has 1 heterocycles. The summed E-state index contributed by atoms with van der Waals surface area (Å²) in [5, 5.41) is 8.06. The first kappa shape index (κ1) is 12.5. The molecule has 1 rings (SSSR count). The van der Waals surface area contributed by atoms with Crippen molar-refractivity contribution in [3.8, 4) is 0 Å². The van der Waals surface area contributed by atoms with Crippen LogP contribution in [0.1, 0.15) is 43.4 Å². The first-order valence-electron chi connectivity index (χ1n) is 5.66. The minimum absolute atomic E-state index is 0.529. The Bertz CT molecular complexity index is 290. The molecule has 1 aromatic rings. The maximum atomic E-state index is 3.77. The summed E-state index contributed by atoms with van der Waals surface area (Å²) in [7, 11) is 0. The van der Waals surface area contributed by atoms with E-state index < -0.39 is 0 Å². The molecule has 1 N–H and O–H groups in total. The van der Waals surface area contributed by atoms with Gasteiger partial charge in [-0.1, -0.05) is 13.0 Å². The number of thiophene rings is 1. The van der Waals surface area contributed by atoms with Crippen molar-refractivity contribution >= 4 is 11.3 Å². The molecule has 0 bridgehead atoms. The summed E-state index contributed by atoms with van der Waals surface area (Å²) in [6.45, 7) is 9.17. The van der Waals surface area contributed by atoms with Gasteiger partial charge in [0.2, 0.25) is 0 Å². The molecule has 1 unspecified atom stereocenters. The maximum Gasteiger partial charge on any atom is 0.0331 e. The average Bonchev–Trinajstić information content (AvgIpc) is 2.64. The second-order valence-corrected chi connectivity index (χ2v) is 4.58. The molecule has 0 saturated carbocycles. The number of nitrogens with one attached hydrogen (secondary N) is 1. The Balaban J connectivity index is 2.57. The van der Waals surface area contributed by atoms with Gasteiger partial charge in [-0.15, -0.1) is 6.58 Å². The van der Waals surface area contributed by atoms with E-state index in [0.717, 1.165) is 13.0 Å². The molecule has 15 heavy (non-hydrogen) atoms. The van der Waals surface area contributed by atoms with Crippen LogP contribution in [0.15, 0.2) is 23.4 Å². The number of hydrogen-bond donors (Lipinski definition) is 1. The topological polar surface area (TPSA) is 12.0 Å². The first-order valence-corrected chi connectivity index (χ1v) is 6.60. The van der Waals surface area contributed by atoms with E-state index in [2.05, 4.69) is 36.5 Å². The fourth-order valence-corrected chi connectivity index (χ4v) is 2.71. The zero-order valence-corrected chi connectivity index (χ0v) is 10.6. The Morgan fingerprint density at radius 1 is 1.53 bits per heavy atom. The molecule has 84 valence electrons. The highest BCUT2D eigenvalue weighted by molar-refractivity contribution is 7.08. The van der Waals surface area contributed by atoms with Gasteiger partial charge in [-0.3, -0.25) is 0 Å². The van der Waals surface area contributed by atoms with Crippen LogP contribution in [0, 0.1) is 6.92 Å². The number of aryl methyl sites for hydroxylation is 1. The van der Waals surface area contributed by atoms with Gasteiger partial charge in [0.15, 0.2) is 0 Å². The molecule has 0 aliphatic heterocycles. The van der Waals surface area contributed by atoms with Gasteiger partial charge in [-0.2, -0.15) is 11.3 Å². The van der Waals surface area contributed by atoms with Crippen molar-refractivity contribution in [1.29, 1.82) is 0 Å². The number of unbranched alkanes of at least 4 members (excludes halogenated alkanes) is 1. The largest absolute Gasteiger partial charge is 0.310 e. The average molecular weight is 223 g/mol. The Morgan fingerprint density at radius 3 is 2.87 bits per heavy atom. The van der Waals surface area contributed by atoms with Crippen LogP contribution in [-0.4, -0.2) is 6.54 Å². The minimum Gasteiger partial charge on any atom is -0.310 e. The van der Waals surface area contributed by atoms with E-state index in [1.54, 1.807) is 11.3 Å². The van der Waals surface area contributed by atoms with E-state index in [0.29, 0.717) is 6.04 Å². The van der Waals surface area contributed by atoms with E-state index in [1.165, 1.54) is 24.0 Å². The molecule has 0 spiro atoms. The van der Waals surface area contributed by atoms with E-state index in [1.807, 2.05) is 6.08 Å².